The number of nitriles is 1. The highest BCUT2D eigenvalue weighted by atomic mass is 19.1. The Morgan fingerprint density at radius 1 is 1.20 bits per heavy atom. The molecular formula is C15H21F2N3. The Kier molecular flexibility index (Phi) is 7.13. The van der Waals surface area contributed by atoms with Gasteiger partial charge in [0.1, 0.15) is 11.6 Å². The molecule has 1 aromatic rings. The first kappa shape index (κ1) is 16.5. The van der Waals surface area contributed by atoms with Crippen LogP contribution >= 0.6 is 0 Å². The second-order valence-corrected chi connectivity index (χ2v) is 4.59. The summed E-state index contributed by atoms with van der Waals surface area (Å²) < 4.78 is 27.2. The van der Waals surface area contributed by atoms with E-state index < -0.39 is 11.6 Å². The lowest BCUT2D eigenvalue weighted by molar-refractivity contribution is 0.297. The van der Waals surface area contributed by atoms with Crippen LogP contribution in [0.5, 0.6) is 0 Å². The molecule has 0 bridgehead atoms. The first-order valence-electron chi connectivity index (χ1n) is 6.93. The van der Waals surface area contributed by atoms with E-state index in [1.54, 1.807) is 6.07 Å². The zero-order valence-corrected chi connectivity index (χ0v) is 12.0. The van der Waals surface area contributed by atoms with Gasteiger partial charge in [0, 0.05) is 12.1 Å². The lowest BCUT2D eigenvalue weighted by atomic mass is 10.1. The van der Waals surface area contributed by atoms with E-state index in [1.165, 1.54) is 0 Å². The van der Waals surface area contributed by atoms with E-state index in [1.807, 2.05) is 0 Å². The predicted molar refractivity (Wildman–Crippen MR) is 75.2 cm³/mol. The molecule has 1 rings (SSSR count). The van der Waals surface area contributed by atoms with Crippen molar-refractivity contribution in [3.05, 3.63) is 34.9 Å². The van der Waals surface area contributed by atoms with Crippen LogP contribution in [0.4, 0.5) is 8.78 Å². The highest BCUT2D eigenvalue weighted by Crippen LogP contribution is 2.14. The lowest BCUT2D eigenvalue weighted by Gasteiger charge is -2.17. The van der Waals surface area contributed by atoms with E-state index in [0.717, 1.165) is 38.2 Å². The molecule has 0 aromatic heterocycles. The standard InChI is InChI=1S/C15H21F2N3/c1-3-20(4-2)7-5-6-19-11-13-14(16)8-12(10-18)9-15(13)17/h8-9,19H,3-7,11H2,1-2H3. The Balaban J connectivity index is 2.41. The van der Waals surface area contributed by atoms with Crippen molar-refractivity contribution >= 4 is 0 Å². The summed E-state index contributed by atoms with van der Waals surface area (Å²) in [6, 6.07) is 3.86. The van der Waals surface area contributed by atoms with Crippen molar-refractivity contribution in [1.82, 2.24) is 10.2 Å². The van der Waals surface area contributed by atoms with Gasteiger partial charge in [-0.25, -0.2) is 8.78 Å². The topological polar surface area (TPSA) is 39.1 Å². The van der Waals surface area contributed by atoms with Crippen molar-refractivity contribution in [2.45, 2.75) is 26.8 Å². The second-order valence-electron chi connectivity index (χ2n) is 4.59. The minimum atomic E-state index is -0.669. The van der Waals surface area contributed by atoms with E-state index in [9.17, 15) is 8.78 Å². The summed E-state index contributed by atoms with van der Waals surface area (Å²) in [5, 5.41) is 11.7. The second kappa shape index (κ2) is 8.62. The quantitative estimate of drug-likeness (QED) is 0.745. The molecule has 0 unspecified atom stereocenters. The van der Waals surface area contributed by atoms with Crippen molar-refractivity contribution in [2.75, 3.05) is 26.2 Å². The molecule has 3 nitrogen and oxygen atoms in total. The molecule has 1 N–H and O–H groups in total. The van der Waals surface area contributed by atoms with Gasteiger partial charge in [-0.15, -0.1) is 0 Å². The number of hydrogen-bond donors (Lipinski definition) is 1. The third-order valence-corrected chi connectivity index (χ3v) is 3.29. The summed E-state index contributed by atoms with van der Waals surface area (Å²) in [6.45, 7) is 8.05. The number of halogens is 2. The third kappa shape index (κ3) is 4.87. The molecule has 0 radical (unpaired) electrons. The van der Waals surface area contributed by atoms with E-state index in [4.69, 9.17) is 5.26 Å². The molecule has 110 valence electrons. The molecule has 0 fully saturated rings. The smallest absolute Gasteiger partial charge is 0.131 e. The predicted octanol–water partition coefficient (Wildman–Crippen LogP) is 2.66. The van der Waals surface area contributed by atoms with Crippen molar-refractivity contribution in [3.63, 3.8) is 0 Å². The van der Waals surface area contributed by atoms with Crippen molar-refractivity contribution in [3.8, 4) is 6.07 Å². The first-order valence-corrected chi connectivity index (χ1v) is 6.93. The Bertz CT molecular complexity index is 442. The molecule has 0 aliphatic carbocycles. The van der Waals surface area contributed by atoms with E-state index in [2.05, 4.69) is 24.1 Å². The van der Waals surface area contributed by atoms with Crippen LogP contribution in [0.25, 0.3) is 0 Å². The Morgan fingerprint density at radius 2 is 1.80 bits per heavy atom. The fraction of sp³-hybridized carbons (Fsp3) is 0.533. The van der Waals surface area contributed by atoms with Crippen LogP contribution in [0.3, 0.4) is 0 Å². The third-order valence-electron chi connectivity index (χ3n) is 3.29. The number of benzene rings is 1. The van der Waals surface area contributed by atoms with Crippen molar-refractivity contribution in [1.29, 1.82) is 5.26 Å². The summed E-state index contributed by atoms with van der Waals surface area (Å²) >= 11 is 0. The Labute approximate surface area is 119 Å². The molecule has 0 amide bonds. The van der Waals surface area contributed by atoms with Gasteiger partial charge in [0.25, 0.3) is 0 Å². The fourth-order valence-electron chi connectivity index (χ4n) is 2.02. The highest BCUT2D eigenvalue weighted by molar-refractivity contribution is 5.34. The Hall–Kier alpha value is -1.51. The van der Waals surface area contributed by atoms with Gasteiger partial charge in [-0.2, -0.15) is 5.26 Å². The van der Waals surface area contributed by atoms with E-state index in [0.29, 0.717) is 6.54 Å². The minimum absolute atomic E-state index is 0.00489. The molecule has 0 aliphatic heterocycles. The molecule has 0 saturated carbocycles. The number of hydrogen-bond acceptors (Lipinski definition) is 3. The van der Waals surface area contributed by atoms with Crippen molar-refractivity contribution in [2.24, 2.45) is 0 Å². The summed E-state index contributed by atoms with van der Waals surface area (Å²) in [5.74, 6) is -1.34. The van der Waals surface area contributed by atoms with Crippen LogP contribution in [0.2, 0.25) is 0 Å². The normalized spacial score (nSPS) is 10.8. The summed E-state index contributed by atoms with van der Waals surface area (Å²) in [5.41, 5.74) is -0.00266. The molecule has 0 atom stereocenters. The fourth-order valence-corrected chi connectivity index (χ4v) is 2.02. The Morgan fingerprint density at radius 3 is 2.30 bits per heavy atom. The maximum atomic E-state index is 13.6. The number of rotatable bonds is 8. The van der Waals surface area contributed by atoms with Gasteiger partial charge in [-0.1, -0.05) is 13.8 Å². The van der Waals surface area contributed by atoms with Crippen molar-refractivity contribution < 1.29 is 8.78 Å². The molecule has 1 aromatic carbocycles. The average Bonchev–Trinajstić information content (AvgIpc) is 2.44. The average molecular weight is 281 g/mol. The van der Waals surface area contributed by atoms with Gasteiger partial charge in [0.15, 0.2) is 0 Å². The maximum Gasteiger partial charge on any atom is 0.131 e. The van der Waals surface area contributed by atoms with Crippen LogP contribution < -0.4 is 5.32 Å². The molecule has 0 aliphatic rings. The van der Waals surface area contributed by atoms with Crippen LogP contribution in [0.1, 0.15) is 31.4 Å². The number of nitrogens with zero attached hydrogens (tertiary/aromatic N) is 2. The minimum Gasteiger partial charge on any atom is -0.312 e. The van der Waals surface area contributed by atoms with Crippen LogP contribution in [0.15, 0.2) is 12.1 Å². The van der Waals surface area contributed by atoms with Crippen LogP contribution in [0, 0.1) is 23.0 Å². The van der Waals surface area contributed by atoms with Gasteiger partial charge in [-0.3, -0.25) is 0 Å². The van der Waals surface area contributed by atoms with E-state index in [-0.39, 0.29) is 17.7 Å². The van der Waals surface area contributed by atoms with Gasteiger partial charge in [0.05, 0.1) is 11.6 Å². The molecule has 20 heavy (non-hydrogen) atoms. The van der Waals surface area contributed by atoms with Crippen LogP contribution in [-0.2, 0) is 6.54 Å². The highest BCUT2D eigenvalue weighted by Gasteiger charge is 2.10. The molecule has 0 saturated heterocycles. The summed E-state index contributed by atoms with van der Waals surface area (Å²) in [6.07, 6.45) is 0.932. The van der Waals surface area contributed by atoms with Gasteiger partial charge in [0.2, 0.25) is 0 Å². The van der Waals surface area contributed by atoms with E-state index >= 15 is 0 Å². The van der Waals surface area contributed by atoms with Gasteiger partial charge >= 0.3 is 0 Å². The molecule has 0 heterocycles. The zero-order valence-electron chi connectivity index (χ0n) is 12.0. The first-order chi connectivity index (χ1) is 9.62. The molecule has 5 heteroatoms. The lowest BCUT2D eigenvalue weighted by Crippen LogP contribution is -2.27. The summed E-state index contributed by atoms with van der Waals surface area (Å²) in [4.78, 5) is 2.30. The summed E-state index contributed by atoms with van der Waals surface area (Å²) in [7, 11) is 0. The molecular weight excluding hydrogens is 260 g/mol. The largest absolute Gasteiger partial charge is 0.312 e. The van der Waals surface area contributed by atoms with Crippen LogP contribution in [-0.4, -0.2) is 31.1 Å². The SMILES string of the molecule is CCN(CC)CCCNCc1c(F)cc(C#N)cc1F. The number of nitrogens with one attached hydrogen (secondary N) is 1. The van der Waals surface area contributed by atoms with Gasteiger partial charge < -0.3 is 10.2 Å². The van der Waals surface area contributed by atoms with Gasteiger partial charge in [-0.05, 0) is 44.7 Å². The maximum absolute atomic E-state index is 13.6. The monoisotopic (exact) mass is 281 g/mol. The zero-order chi connectivity index (χ0) is 15.0. The molecule has 0 spiro atoms.